The molecule has 256 valence electrons. The molecule has 1 aliphatic rings. The van der Waals surface area contributed by atoms with Crippen LogP contribution in [-0.2, 0) is 18.1 Å². The highest BCUT2D eigenvalue weighted by molar-refractivity contribution is 5.66. The number of benzene rings is 3. The molecule has 6 rings (SSSR count). The number of hydrogen-bond acceptors (Lipinski definition) is 8. The van der Waals surface area contributed by atoms with Gasteiger partial charge in [-0.1, -0.05) is 30.3 Å². The summed E-state index contributed by atoms with van der Waals surface area (Å²) in [6, 6.07) is 17.3. The normalized spacial score (nSPS) is 16.0. The smallest absolute Gasteiger partial charge is 0.379 e. The molecule has 16 heteroatoms. The van der Waals surface area contributed by atoms with Gasteiger partial charge in [-0.25, -0.2) is 13.5 Å². The average Bonchev–Trinajstić information content (AvgIpc) is 3.60. The number of nitrogens with zero attached hydrogens (tertiary/aromatic N) is 7. The van der Waals surface area contributed by atoms with Crippen LogP contribution in [0.3, 0.4) is 0 Å². The van der Waals surface area contributed by atoms with Gasteiger partial charge in [0.15, 0.2) is 11.7 Å². The number of aromatic nitrogens is 5. The van der Waals surface area contributed by atoms with E-state index in [1.807, 2.05) is 17.0 Å². The lowest BCUT2D eigenvalue weighted by Gasteiger charge is -2.37. The number of tetrazole rings is 1. The minimum atomic E-state index is -4.76. The van der Waals surface area contributed by atoms with E-state index in [1.54, 1.807) is 18.2 Å². The molecule has 0 amide bonds. The summed E-state index contributed by atoms with van der Waals surface area (Å²) in [5, 5.41) is 31.2. The SMILES string of the molecule is O[C@H](c1cccc(N2CCN(c3ccc(-c4ccc(C(F)(F)[C@](O)(Cn5cnnn5)c5ccc(F)cc5F)nc4)cc3)CC2)c1)C(F)(F)F. The fraction of sp³-hybridized carbons (Fsp3) is 0.273. The Labute approximate surface area is 274 Å². The summed E-state index contributed by atoms with van der Waals surface area (Å²) in [4.78, 5) is 7.95. The molecule has 2 atom stereocenters. The molecular weight excluding hydrogens is 659 g/mol. The second-order valence-electron chi connectivity index (χ2n) is 11.6. The van der Waals surface area contributed by atoms with E-state index in [1.165, 1.54) is 30.5 Å². The Bertz CT molecular complexity index is 1880. The van der Waals surface area contributed by atoms with Gasteiger partial charge in [0.1, 0.15) is 23.7 Å². The van der Waals surface area contributed by atoms with Gasteiger partial charge < -0.3 is 20.0 Å². The molecule has 0 unspecified atom stereocenters. The number of alkyl halides is 5. The Morgan fingerprint density at radius 2 is 1.45 bits per heavy atom. The van der Waals surface area contributed by atoms with E-state index < -0.39 is 53.2 Å². The molecule has 1 fully saturated rings. The third-order valence-electron chi connectivity index (χ3n) is 8.47. The van der Waals surface area contributed by atoms with Gasteiger partial charge in [0.25, 0.3) is 0 Å². The Morgan fingerprint density at radius 3 is 2.04 bits per heavy atom. The largest absolute Gasteiger partial charge is 0.418 e. The lowest BCUT2D eigenvalue weighted by atomic mass is 9.84. The first-order chi connectivity index (χ1) is 23.3. The van der Waals surface area contributed by atoms with Crippen LogP contribution in [0.1, 0.15) is 22.9 Å². The van der Waals surface area contributed by atoms with Crippen molar-refractivity contribution in [1.29, 1.82) is 0 Å². The van der Waals surface area contributed by atoms with Gasteiger partial charge in [-0.15, -0.1) is 5.10 Å². The van der Waals surface area contributed by atoms with E-state index in [4.69, 9.17) is 0 Å². The quantitative estimate of drug-likeness (QED) is 0.193. The van der Waals surface area contributed by atoms with Crippen LogP contribution in [0.4, 0.5) is 42.1 Å². The summed E-state index contributed by atoms with van der Waals surface area (Å²) in [6.45, 7) is 1.21. The van der Waals surface area contributed by atoms with Crippen molar-refractivity contribution in [3.8, 4) is 11.1 Å². The van der Waals surface area contributed by atoms with Crippen molar-refractivity contribution in [2.75, 3.05) is 36.0 Å². The number of anilines is 2. The van der Waals surface area contributed by atoms with Gasteiger partial charge in [-0.05, 0) is 64.0 Å². The molecule has 1 aliphatic heterocycles. The van der Waals surface area contributed by atoms with Crippen molar-refractivity contribution in [2.24, 2.45) is 0 Å². The zero-order valence-corrected chi connectivity index (χ0v) is 25.4. The summed E-state index contributed by atoms with van der Waals surface area (Å²) >= 11 is 0. The standard InChI is InChI=1S/C33H28F7N7O2/c34-24-7-10-27(28(35)17-24)31(49,19-47-20-42-43-44-47)32(36,37)29-11-6-23(18-41-29)21-4-8-25(9-5-21)45-12-14-46(15-13-45)26-3-1-2-22(16-26)30(48)33(38,39)40/h1-11,16-18,20,30,48-49H,12-15,19H2/t30-,31+/m1/s1. The second-order valence-corrected chi connectivity index (χ2v) is 11.6. The minimum absolute atomic E-state index is 0.226. The number of rotatable bonds is 9. The molecule has 0 bridgehead atoms. The Hall–Kier alpha value is -5.09. The summed E-state index contributed by atoms with van der Waals surface area (Å²) in [5.41, 5.74) is -2.64. The van der Waals surface area contributed by atoms with Crippen molar-refractivity contribution in [2.45, 2.75) is 30.3 Å². The van der Waals surface area contributed by atoms with Gasteiger partial charge >= 0.3 is 12.1 Å². The van der Waals surface area contributed by atoms with Gasteiger partial charge in [-0.3, -0.25) is 4.98 Å². The molecule has 5 aromatic rings. The fourth-order valence-corrected chi connectivity index (χ4v) is 5.80. The molecule has 3 aromatic carbocycles. The van der Waals surface area contributed by atoms with E-state index >= 15 is 8.78 Å². The molecule has 49 heavy (non-hydrogen) atoms. The Morgan fingerprint density at radius 1 is 0.776 bits per heavy atom. The van der Waals surface area contributed by atoms with Crippen LogP contribution in [0.5, 0.6) is 0 Å². The number of aliphatic hydroxyl groups is 2. The Kier molecular flexibility index (Phi) is 9.02. The van der Waals surface area contributed by atoms with E-state index in [9.17, 15) is 32.2 Å². The maximum Gasteiger partial charge on any atom is 0.418 e. The lowest BCUT2D eigenvalue weighted by Crippen LogP contribution is -2.48. The topological polar surface area (TPSA) is 103 Å². The summed E-state index contributed by atoms with van der Waals surface area (Å²) in [6.07, 6.45) is -5.16. The monoisotopic (exact) mass is 687 g/mol. The first kappa shape index (κ1) is 33.8. The minimum Gasteiger partial charge on any atom is -0.379 e. The number of halogens is 7. The van der Waals surface area contributed by atoms with Crippen molar-refractivity contribution in [1.82, 2.24) is 25.2 Å². The average molecular weight is 688 g/mol. The first-order valence-electron chi connectivity index (χ1n) is 14.9. The van der Waals surface area contributed by atoms with Crippen molar-refractivity contribution < 1.29 is 40.9 Å². The molecule has 0 saturated carbocycles. The number of hydrogen-bond donors (Lipinski definition) is 2. The van der Waals surface area contributed by atoms with Gasteiger partial charge in [0.2, 0.25) is 0 Å². The van der Waals surface area contributed by atoms with E-state index in [0.717, 1.165) is 34.9 Å². The molecule has 1 saturated heterocycles. The highest BCUT2D eigenvalue weighted by Gasteiger charge is 2.58. The molecule has 3 heterocycles. The van der Waals surface area contributed by atoms with Crippen molar-refractivity contribution in [3.63, 3.8) is 0 Å². The van der Waals surface area contributed by atoms with Gasteiger partial charge in [0.05, 0.1) is 6.54 Å². The zero-order valence-electron chi connectivity index (χ0n) is 25.4. The third kappa shape index (κ3) is 6.78. The third-order valence-corrected chi connectivity index (χ3v) is 8.47. The zero-order chi connectivity index (χ0) is 35.0. The predicted molar refractivity (Wildman–Crippen MR) is 164 cm³/mol. The molecule has 9 nitrogen and oxygen atoms in total. The molecule has 2 N–H and O–H groups in total. The summed E-state index contributed by atoms with van der Waals surface area (Å²) in [7, 11) is 0. The molecule has 2 aromatic heterocycles. The number of pyridine rings is 1. The maximum atomic E-state index is 16.1. The number of piperazine rings is 1. The maximum absolute atomic E-state index is 16.1. The highest BCUT2D eigenvalue weighted by Crippen LogP contribution is 2.47. The molecule has 0 aliphatic carbocycles. The fourth-order valence-electron chi connectivity index (χ4n) is 5.80. The van der Waals surface area contributed by atoms with Gasteiger partial charge in [-0.2, -0.15) is 22.0 Å². The number of aliphatic hydroxyl groups excluding tert-OH is 1. The van der Waals surface area contributed by atoms with Crippen molar-refractivity contribution >= 4 is 11.4 Å². The predicted octanol–water partition coefficient (Wildman–Crippen LogP) is 5.62. The summed E-state index contributed by atoms with van der Waals surface area (Å²) < 4.78 is 100. The van der Waals surface area contributed by atoms with Crippen LogP contribution < -0.4 is 9.80 Å². The summed E-state index contributed by atoms with van der Waals surface area (Å²) in [5.74, 6) is -6.59. The van der Waals surface area contributed by atoms with Crippen LogP contribution in [-0.4, -0.2) is 67.8 Å². The molecule has 0 radical (unpaired) electrons. The van der Waals surface area contributed by atoms with E-state index in [0.29, 0.717) is 49.1 Å². The lowest BCUT2D eigenvalue weighted by molar-refractivity contribution is -0.207. The first-order valence-corrected chi connectivity index (χ1v) is 14.9. The van der Waals surface area contributed by atoms with E-state index in [-0.39, 0.29) is 5.56 Å². The second kappa shape index (κ2) is 13.1. The van der Waals surface area contributed by atoms with Gasteiger partial charge in [0, 0.05) is 60.9 Å². The van der Waals surface area contributed by atoms with E-state index in [2.05, 4.69) is 25.4 Å². The Balaban J connectivity index is 1.15. The van der Waals surface area contributed by atoms with Crippen molar-refractivity contribution in [3.05, 3.63) is 120 Å². The molecule has 0 spiro atoms. The van der Waals surface area contributed by atoms with Crippen LogP contribution in [0.15, 0.2) is 91.4 Å². The molecular formula is C33H28F7N7O2. The van der Waals surface area contributed by atoms with Crippen LogP contribution in [0.2, 0.25) is 0 Å². The van der Waals surface area contributed by atoms with Crippen LogP contribution in [0, 0.1) is 11.6 Å². The van der Waals surface area contributed by atoms with Crippen LogP contribution in [0.25, 0.3) is 11.1 Å². The van der Waals surface area contributed by atoms with Crippen LogP contribution >= 0.6 is 0 Å². The highest BCUT2D eigenvalue weighted by atomic mass is 19.4.